The van der Waals surface area contributed by atoms with Crippen LogP contribution in [0.3, 0.4) is 0 Å². The lowest BCUT2D eigenvalue weighted by Gasteiger charge is -2.25. The zero-order chi connectivity index (χ0) is 27.9. The molecule has 0 N–H and O–H groups in total. The molecule has 0 radical (unpaired) electrons. The summed E-state index contributed by atoms with van der Waals surface area (Å²) >= 11 is 0. The molecule has 0 aliphatic carbocycles. The summed E-state index contributed by atoms with van der Waals surface area (Å²) in [7, 11) is -4.01. The van der Waals surface area contributed by atoms with Crippen LogP contribution in [0, 0.1) is 6.92 Å². The van der Waals surface area contributed by atoms with Gasteiger partial charge in [0.2, 0.25) is 0 Å². The van der Waals surface area contributed by atoms with Crippen molar-refractivity contribution in [2.45, 2.75) is 57.5 Å². The molecule has 0 spiro atoms. The fourth-order valence-electron chi connectivity index (χ4n) is 3.72. The van der Waals surface area contributed by atoms with E-state index in [-0.39, 0.29) is 23.6 Å². The van der Waals surface area contributed by atoms with Crippen LogP contribution in [0.25, 0.3) is 11.1 Å². The third-order valence-corrected chi connectivity index (χ3v) is 7.63. The molecule has 0 fully saturated rings. The highest BCUT2D eigenvalue weighted by atomic mass is 32.2. The Labute approximate surface area is 221 Å². The Hall–Kier alpha value is -3.53. The van der Waals surface area contributed by atoms with Crippen LogP contribution in [0.4, 0.5) is 18.9 Å². The van der Waals surface area contributed by atoms with Crippen molar-refractivity contribution in [2.75, 3.05) is 10.8 Å². The summed E-state index contributed by atoms with van der Waals surface area (Å²) in [6.45, 7) is 5.63. The van der Waals surface area contributed by atoms with Gasteiger partial charge in [-0.2, -0.15) is 13.2 Å². The lowest BCUT2D eigenvalue weighted by Crippen LogP contribution is -2.32. The number of unbranched alkanes of at least 4 members (excludes halogenated alkanes) is 1. The Morgan fingerprint density at radius 1 is 0.921 bits per heavy atom. The monoisotopic (exact) mass is 549 g/mol. The number of hydrogen-bond donors (Lipinski definition) is 0. The molecule has 0 saturated heterocycles. The second-order valence-electron chi connectivity index (χ2n) is 8.77. The first-order chi connectivity index (χ1) is 18.0. The highest BCUT2D eigenvalue weighted by Crippen LogP contribution is 2.33. The van der Waals surface area contributed by atoms with Gasteiger partial charge in [0.25, 0.3) is 10.0 Å². The fraction of sp³-hybridized carbons (Fsp3) is 0.321. The molecule has 0 amide bonds. The van der Waals surface area contributed by atoms with Gasteiger partial charge < -0.3 is 0 Å². The average molecular weight is 550 g/mol. The first-order valence-corrected chi connectivity index (χ1v) is 13.7. The highest BCUT2D eigenvalue weighted by Gasteiger charge is 2.30. The number of carbonyl (C=O) groups is 1. The zero-order valence-electron chi connectivity index (χ0n) is 21.4. The molecular weight excluding hydrogens is 519 g/mol. The van der Waals surface area contributed by atoms with Crippen molar-refractivity contribution in [1.82, 2.24) is 0 Å². The molecule has 0 heterocycles. The predicted octanol–water partition coefficient (Wildman–Crippen LogP) is 7.31. The van der Waals surface area contributed by atoms with Gasteiger partial charge in [-0.1, -0.05) is 44.5 Å². The van der Waals surface area contributed by atoms with E-state index < -0.39 is 27.7 Å². The molecule has 0 aliphatic heterocycles. The van der Waals surface area contributed by atoms with E-state index in [0.29, 0.717) is 35.2 Å². The molecule has 0 atom stereocenters. The topological polar surface area (TPSA) is 72.9 Å². The number of rotatable bonds is 11. The maximum atomic E-state index is 13.7. The molecule has 10 heteroatoms. The minimum Gasteiger partial charge on any atom is -0.287 e. The van der Waals surface area contributed by atoms with Gasteiger partial charge in [0.15, 0.2) is 5.75 Å². The Balaban J connectivity index is 1.93. The van der Waals surface area contributed by atoms with Crippen molar-refractivity contribution in [3.63, 3.8) is 0 Å². The van der Waals surface area contributed by atoms with E-state index in [4.69, 9.17) is 9.78 Å². The molecule has 38 heavy (non-hydrogen) atoms. The van der Waals surface area contributed by atoms with Crippen molar-refractivity contribution in [1.29, 1.82) is 0 Å². The van der Waals surface area contributed by atoms with Crippen molar-refractivity contribution >= 4 is 21.7 Å². The molecule has 3 aromatic carbocycles. The van der Waals surface area contributed by atoms with Gasteiger partial charge in [0, 0.05) is 13.0 Å². The van der Waals surface area contributed by atoms with Crippen LogP contribution in [0.5, 0.6) is 5.75 Å². The van der Waals surface area contributed by atoms with Crippen LogP contribution in [0.15, 0.2) is 71.6 Å². The lowest BCUT2D eigenvalue weighted by atomic mass is 10.0. The summed E-state index contributed by atoms with van der Waals surface area (Å²) in [5.74, 6) is -0.305. The molecule has 0 saturated carbocycles. The van der Waals surface area contributed by atoms with E-state index in [1.54, 1.807) is 31.2 Å². The molecule has 0 unspecified atom stereocenters. The predicted molar refractivity (Wildman–Crippen MR) is 139 cm³/mol. The van der Waals surface area contributed by atoms with Crippen molar-refractivity contribution in [3.05, 3.63) is 77.9 Å². The van der Waals surface area contributed by atoms with E-state index in [1.807, 2.05) is 13.8 Å². The third kappa shape index (κ3) is 7.06. The lowest BCUT2D eigenvalue weighted by molar-refractivity contribution is -0.214. The van der Waals surface area contributed by atoms with Crippen LogP contribution >= 0.6 is 0 Å². The first kappa shape index (κ1) is 29.0. The maximum absolute atomic E-state index is 13.7. The van der Waals surface area contributed by atoms with E-state index in [1.165, 1.54) is 34.6 Å². The summed E-state index contributed by atoms with van der Waals surface area (Å²) in [5.41, 5.74) is 1.21. The number of benzene rings is 3. The second-order valence-corrected chi connectivity index (χ2v) is 10.6. The highest BCUT2D eigenvalue weighted by molar-refractivity contribution is 7.92. The van der Waals surface area contributed by atoms with Crippen LogP contribution in [-0.4, -0.2) is 20.9 Å². The summed E-state index contributed by atoms with van der Waals surface area (Å²) in [5, 5.41) is 0. The molecule has 3 rings (SSSR count). The van der Waals surface area contributed by atoms with Crippen LogP contribution in [0.2, 0.25) is 0 Å². The van der Waals surface area contributed by atoms with Gasteiger partial charge in [0.1, 0.15) is 0 Å². The van der Waals surface area contributed by atoms with E-state index in [0.717, 1.165) is 18.6 Å². The summed E-state index contributed by atoms with van der Waals surface area (Å²) in [6.07, 6.45) is -2.30. The maximum Gasteiger partial charge on any atom is 0.416 e. The molecule has 3 aromatic rings. The molecule has 0 aliphatic rings. The number of carbonyl (C=O) groups excluding carboxylic acids is 1. The normalized spacial score (nSPS) is 11.7. The van der Waals surface area contributed by atoms with Gasteiger partial charge in [-0.3, -0.25) is 14.1 Å². The molecule has 204 valence electrons. The number of alkyl halides is 3. The van der Waals surface area contributed by atoms with E-state index >= 15 is 0 Å². The van der Waals surface area contributed by atoms with E-state index in [9.17, 15) is 26.4 Å². The number of aryl methyl sites for hydroxylation is 1. The largest absolute Gasteiger partial charge is 0.416 e. The first-order valence-electron chi connectivity index (χ1n) is 12.3. The Morgan fingerprint density at radius 3 is 2.24 bits per heavy atom. The summed E-state index contributed by atoms with van der Waals surface area (Å²) in [4.78, 5) is 21.5. The number of halogens is 3. The van der Waals surface area contributed by atoms with Gasteiger partial charge in [-0.05, 0) is 78.9 Å². The minimum absolute atomic E-state index is 0.0262. The SMILES string of the molecule is CCCCN(c1cccc(-c2ccc(C(F)(F)F)cc2)c1)S(=O)(=O)c1ccc(OOC(=O)CCC)c(C)c1. The van der Waals surface area contributed by atoms with Crippen LogP contribution < -0.4 is 9.19 Å². The van der Waals surface area contributed by atoms with Crippen LogP contribution in [0.1, 0.15) is 50.7 Å². The fourth-order valence-corrected chi connectivity index (χ4v) is 5.30. The van der Waals surface area contributed by atoms with Gasteiger partial charge in [-0.15, -0.1) is 0 Å². The standard InChI is InChI=1S/C28H30F3NO5S/c1-4-6-17-32(24-10-7-9-22(19-24)21-11-13-23(14-12-21)28(29,30)31)38(34,35)25-15-16-26(20(3)18-25)36-37-27(33)8-5-2/h7,9-16,18-19H,4-6,8,17H2,1-3H3. The third-order valence-electron chi connectivity index (χ3n) is 5.81. The van der Waals surface area contributed by atoms with Crippen molar-refractivity contribution in [3.8, 4) is 16.9 Å². The quantitative estimate of drug-likeness (QED) is 0.185. The summed E-state index contributed by atoms with van der Waals surface area (Å²) < 4.78 is 67.6. The van der Waals surface area contributed by atoms with Crippen molar-refractivity contribution in [2.24, 2.45) is 0 Å². The number of nitrogens with zero attached hydrogens (tertiary/aromatic N) is 1. The minimum atomic E-state index is -4.44. The number of anilines is 1. The Morgan fingerprint density at radius 2 is 1.63 bits per heavy atom. The van der Waals surface area contributed by atoms with Gasteiger partial charge >= 0.3 is 12.1 Å². The molecular formula is C28H30F3NO5S. The van der Waals surface area contributed by atoms with Crippen molar-refractivity contribution < 1.29 is 36.2 Å². The molecule has 0 aromatic heterocycles. The Bertz CT molecular complexity index is 1360. The van der Waals surface area contributed by atoms with E-state index in [2.05, 4.69) is 0 Å². The number of sulfonamides is 1. The average Bonchev–Trinajstić information content (AvgIpc) is 2.88. The van der Waals surface area contributed by atoms with Crippen LogP contribution in [-0.2, 0) is 25.9 Å². The zero-order valence-corrected chi connectivity index (χ0v) is 22.2. The smallest absolute Gasteiger partial charge is 0.287 e. The van der Waals surface area contributed by atoms with Gasteiger partial charge in [-0.25, -0.2) is 13.2 Å². The summed E-state index contributed by atoms with van der Waals surface area (Å²) in [6, 6.07) is 15.7. The molecule has 6 nitrogen and oxygen atoms in total. The second kappa shape index (κ2) is 12.3. The van der Waals surface area contributed by atoms with Gasteiger partial charge in [0.05, 0.1) is 16.1 Å². The molecule has 0 bridgehead atoms. The number of hydrogen-bond acceptors (Lipinski definition) is 5. The Kier molecular flexibility index (Phi) is 9.43.